The lowest BCUT2D eigenvalue weighted by atomic mass is 10.2. The third-order valence-electron chi connectivity index (χ3n) is 1.80. The van der Waals surface area contributed by atoms with E-state index in [0.717, 1.165) is 13.0 Å². The van der Waals surface area contributed by atoms with Crippen molar-refractivity contribution in [1.29, 1.82) is 0 Å². The van der Waals surface area contributed by atoms with Crippen molar-refractivity contribution in [2.24, 2.45) is 0 Å². The van der Waals surface area contributed by atoms with Gasteiger partial charge in [-0.3, -0.25) is 9.59 Å². The molecule has 1 atom stereocenters. The summed E-state index contributed by atoms with van der Waals surface area (Å²) >= 11 is 0. The highest BCUT2D eigenvalue weighted by atomic mass is 16.2. The van der Waals surface area contributed by atoms with Crippen molar-refractivity contribution in [1.82, 2.24) is 10.2 Å². The van der Waals surface area contributed by atoms with Crippen molar-refractivity contribution in [2.75, 3.05) is 13.6 Å². The van der Waals surface area contributed by atoms with Gasteiger partial charge in [0.15, 0.2) is 0 Å². The standard InChI is InChI=1S/C7H12N2O2/c1-5(10)8-6-3-4-9(2)7(6)11/h6H,3-4H2,1-2H3,(H,8,10). The maximum atomic E-state index is 11.2. The van der Waals surface area contributed by atoms with Crippen molar-refractivity contribution >= 4 is 11.8 Å². The normalized spacial score (nSPS) is 24.0. The Morgan fingerprint density at radius 1 is 1.73 bits per heavy atom. The molecular formula is C7H12N2O2. The van der Waals surface area contributed by atoms with Crippen molar-refractivity contribution in [2.45, 2.75) is 19.4 Å². The molecule has 1 unspecified atom stereocenters. The van der Waals surface area contributed by atoms with E-state index in [1.165, 1.54) is 6.92 Å². The van der Waals surface area contributed by atoms with Gasteiger partial charge in [0.2, 0.25) is 11.8 Å². The van der Waals surface area contributed by atoms with Gasteiger partial charge in [-0.25, -0.2) is 0 Å². The van der Waals surface area contributed by atoms with E-state index in [0.29, 0.717) is 0 Å². The summed E-state index contributed by atoms with van der Waals surface area (Å²) in [6.07, 6.45) is 0.731. The fourth-order valence-corrected chi connectivity index (χ4v) is 1.20. The van der Waals surface area contributed by atoms with Crippen LogP contribution in [0.25, 0.3) is 0 Å². The summed E-state index contributed by atoms with van der Waals surface area (Å²) in [5, 5.41) is 2.59. The highest BCUT2D eigenvalue weighted by Gasteiger charge is 2.28. The molecule has 1 saturated heterocycles. The zero-order valence-corrected chi connectivity index (χ0v) is 6.76. The molecule has 1 aliphatic rings. The molecule has 4 nitrogen and oxygen atoms in total. The second-order valence-corrected chi connectivity index (χ2v) is 2.80. The summed E-state index contributed by atoms with van der Waals surface area (Å²) in [6, 6.07) is -0.280. The van der Waals surface area contributed by atoms with Gasteiger partial charge >= 0.3 is 0 Å². The average molecular weight is 156 g/mol. The lowest BCUT2D eigenvalue weighted by molar-refractivity contribution is -0.131. The minimum Gasteiger partial charge on any atom is -0.344 e. The molecule has 1 fully saturated rings. The van der Waals surface area contributed by atoms with Crippen LogP contribution in [0.3, 0.4) is 0 Å². The Morgan fingerprint density at radius 2 is 2.36 bits per heavy atom. The lowest BCUT2D eigenvalue weighted by Gasteiger charge is -2.09. The number of amides is 2. The number of hydrogen-bond donors (Lipinski definition) is 1. The molecule has 1 heterocycles. The number of nitrogens with one attached hydrogen (secondary N) is 1. The minimum absolute atomic E-state index is 0.0141. The number of carbonyl (C=O) groups excluding carboxylic acids is 2. The first kappa shape index (κ1) is 8.04. The van der Waals surface area contributed by atoms with E-state index < -0.39 is 0 Å². The SMILES string of the molecule is CC(=O)NC1CCN(C)C1=O. The van der Waals surface area contributed by atoms with Gasteiger partial charge in [0.05, 0.1) is 0 Å². The number of nitrogens with zero attached hydrogens (tertiary/aromatic N) is 1. The van der Waals surface area contributed by atoms with Crippen LogP contribution in [0, 0.1) is 0 Å². The van der Waals surface area contributed by atoms with Crippen LogP contribution in [0.4, 0.5) is 0 Å². The highest BCUT2D eigenvalue weighted by molar-refractivity contribution is 5.88. The summed E-state index contributed by atoms with van der Waals surface area (Å²) in [7, 11) is 1.74. The monoisotopic (exact) mass is 156 g/mol. The Bertz CT molecular complexity index is 191. The molecular weight excluding hydrogens is 144 g/mol. The highest BCUT2D eigenvalue weighted by Crippen LogP contribution is 2.07. The van der Waals surface area contributed by atoms with E-state index in [2.05, 4.69) is 5.32 Å². The van der Waals surface area contributed by atoms with Crippen LogP contribution in [0.5, 0.6) is 0 Å². The molecule has 0 spiro atoms. The fourth-order valence-electron chi connectivity index (χ4n) is 1.20. The molecule has 0 aliphatic carbocycles. The van der Waals surface area contributed by atoms with Crippen LogP contribution >= 0.6 is 0 Å². The van der Waals surface area contributed by atoms with E-state index in [-0.39, 0.29) is 17.9 Å². The van der Waals surface area contributed by atoms with Crippen molar-refractivity contribution in [3.63, 3.8) is 0 Å². The van der Waals surface area contributed by atoms with Crippen LogP contribution in [-0.4, -0.2) is 36.3 Å². The third-order valence-corrected chi connectivity index (χ3v) is 1.80. The molecule has 0 aromatic rings. The van der Waals surface area contributed by atoms with Crippen LogP contribution in [0.2, 0.25) is 0 Å². The van der Waals surface area contributed by atoms with Crippen LogP contribution < -0.4 is 5.32 Å². The molecule has 0 aromatic carbocycles. The molecule has 1 aliphatic heterocycles. The average Bonchev–Trinajstić information content (AvgIpc) is 2.18. The zero-order chi connectivity index (χ0) is 8.43. The molecule has 4 heteroatoms. The van der Waals surface area contributed by atoms with Gasteiger partial charge in [-0.1, -0.05) is 0 Å². The van der Waals surface area contributed by atoms with Gasteiger partial charge in [0.25, 0.3) is 0 Å². The van der Waals surface area contributed by atoms with Gasteiger partial charge in [0.1, 0.15) is 6.04 Å². The number of hydrogen-bond acceptors (Lipinski definition) is 2. The molecule has 0 saturated carbocycles. The van der Waals surface area contributed by atoms with Gasteiger partial charge < -0.3 is 10.2 Å². The van der Waals surface area contributed by atoms with E-state index in [1.54, 1.807) is 11.9 Å². The quantitative estimate of drug-likeness (QED) is 0.548. The van der Waals surface area contributed by atoms with Gasteiger partial charge in [-0.15, -0.1) is 0 Å². The summed E-state index contributed by atoms with van der Waals surface area (Å²) in [5.74, 6) is -0.126. The second kappa shape index (κ2) is 2.90. The Morgan fingerprint density at radius 3 is 2.73 bits per heavy atom. The molecule has 1 rings (SSSR count). The third kappa shape index (κ3) is 1.69. The van der Waals surface area contributed by atoms with Gasteiger partial charge in [0, 0.05) is 20.5 Å². The summed E-state index contributed by atoms with van der Waals surface area (Å²) < 4.78 is 0. The predicted octanol–water partition coefficient (Wildman–Crippen LogP) is -0.647. The molecule has 62 valence electrons. The smallest absolute Gasteiger partial charge is 0.244 e. The summed E-state index contributed by atoms with van der Waals surface area (Å²) in [4.78, 5) is 23.3. The number of rotatable bonds is 1. The van der Waals surface area contributed by atoms with Gasteiger partial charge in [-0.2, -0.15) is 0 Å². The second-order valence-electron chi connectivity index (χ2n) is 2.80. The molecule has 2 amide bonds. The van der Waals surface area contributed by atoms with Crippen LogP contribution in [0.15, 0.2) is 0 Å². The fraction of sp³-hybridized carbons (Fsp3) is 0.714. The Balaban J connectivity index is 2.49. The first-order chi connectivity index (χ1) is 5.11. The molecule has 0 bridgehead atoms. The Kier molecular flexibility index (Phi) is 2.12. The maximum Gasteiger partial charge on any atom is 0.244 e. The first-order valence-electron chi connectivity index (χ1n) is 3.63. The Hall–Kier alpha value is -1.06. The molecule has 11 heavy (non-hydrogen) atoms. The predicted molar refractivity (Wildman–Crippen MR) is 39.9 cm³/mol. The molecule has 1 N–H and O–H groups in total. The number of likely N-dealkylation sites (N-methyl/N-ethyl adjacent to an activating group) is 1. The summed E-state index contributed by atoms with van der Waals surface area (Å²) in [6.45, 7) is 2.16. The van der Waals surface area contributed by atoms with Crippen molar-refractivity contribution in [3.05, 3.63) is 0 Å². The van der Waals surface area contributed by atoms with E-state index >= 15 is 0 Å². The van der Waals surface area contributed by atoms with E-state index in [1.807, 2.05) is 0 Å². The zero-order valence-electron chi connectivity index (χ0n) is 6.76. The van der Waals surface area contributed by atoms with Crippen LogP contribution in [-0.2, 0) is 9.59 Å². The number of likely N-dealkylation sites (tertiary alicyclic amines) is 1. The molecule has 0 aromatic heterocycles. The van der Waals surface area contributed by atoms with E-state index in [9.17, 15) is 9.59 Å². The van der Waals surface area contributed by atoms with Crippen LogP contribution in [0.1, 0.15) is 13.3 Å². The topological polar surface area (TPSA) is 49.4 Å². The van der Waals surface area contributed by atoms with Crippen molar-refractivity contribution < 1.29 is 9.59 Å². The van der Waals surface area contributed by atoms with E-state index in [4.69, 9.17) is 0 Å². The summed E-state index contributed by atoms with van der Waals surface area (Å²) in [5.41, 5.74) is 0. The van der Waals surface area contributed by atoms with Gasteiger partial charge in [-0.05, 0) is 6.42 Å². The van der Waals surface area contributed by atoms with Crippen molar-refractivity contribution in [3.8, 4) is 0 Å². The first-order valence-corrected chi connectivity index (χ1v) is 3.63. The minimum atomic E-state index is -0.280. The maximum absolute atomic E-state index is 11.2. The number of carbonyl (C=O) groups is 2. The largest absolute Gasteiger partial charge is 0.344 e. The Labute approximate surface area is 65.6 Å². The lowest BCUT2D eigenvalue weighted by Crippen LogP contribution is -2.39. The molecule has 0 radical (unpaired) electrons.